The largest absolute Gasteiger partial charge is 0.330 e. The molecule has 0 saturated heterocycles. The summed E-state index contributed by atoms with van der Waals surface area (Å²) in [6.45, 7) is 0.496. The SMILES string of the molecule is NCCc1nc(C(=O)Nc2ccc(=O)[nH]n2)cs1. The van der Waals surface area contributed by atoms with Crippen molar-refractivity contribution < 1.29 is 4.79 Å². The minimum atomic E-state index is -0.367. The average molecular weight is 265 g/mol. The van der Waals surface area contributed by atoms with Gasteiger partial charge in [-0.15, -0.1) is 11.3 Å². The number of rotatable bonds is 4. The van der Waals surface area contributed by atoms with Gasteiger partial charge in [-0.05, 0) is 12.6 Å². The number of anilines is 1. The highest BCUT2D eigenvalue weighted by Crippen LogP contribution is 2.11. The molecule has 0 unspecified atom stereocenters. The van der Waals surface area contributed by atoms with Crippen LogP contribution in [0.2, 0.25) is 0 Å². The van der Waals surface area contributed by atoms with Crippen molar-refractivity contribution in [2.45, 2.75) is 6.42 Å². The molecule has 2 aromatic rings. The van der Waals surface area contributed by atoms with Crippen LogP contribution in [0.25, 0.3) is 0 Å². The molecule has 94 valence electrons. The van der Waals surface area contributed by atoms with Crippen LogP contribution >= 0.6 is 11.3 Å². The number of H-pyrrole nitrogens is 1. The van der Waals surface area contributed by atoms with E-state index in [-0.39, 0.29) is 17.3 Å². The molecule has 2 heterocycles. The average Bonchev–Trinajstić information content (AvgIpc) is 2.81. The molecule has 2 aromatic heterocycles. The number of hydrogen-bond donors (Lipinski definition) is 3. The zero-order chi connectivity index (χ0) is 13.0. The second-order valence-electron chi connectivity index (χ2n) is 3.43. The summed E-state index contributed by atoms with van der Waals surface area (Å²) in [6.07, 6.45) is 0.648. The maximum absolute atomic E-state index is 11.8. The molecule has 0 spiro atoms. The van der Waals surface area contributed by atoms with E-state index in [2.05, 4.69) is 20.5 Å². The fraction of sp³-hybridized carbons (Fsp3) is 0.200. The first kappa shape index (κ1) is 12.4. The van der Waals surface area contributed by atoms with E-state index in [0.717, 1.165) is 5.01 Å². The number of nitrogens with one attached hydrogen (secondary N) is 2. The summed E-state index contributed by atoms with van der Waals surface area (Å²) in [5.74, 6) is -0.0953. The molecular formula is C10H11N5O2S. The van der Waals surface area contributed by atoms with E-state index < -0.39 is 0 Å². The predicted octanol–water partition coefficient (Wildman–Crippen LogP) is -0.0201. The molecule has 0 aliphatic carbocycles. The van der Waals surface area contributed by atoms with E-state index in [1.165, 1.54) is 23.5 Å². The predicted molar refractivity (Wildman–Crippen MR) is 67.7 cm³/mol. The topological polar surface area (TPSA) is 114 Å². The Kier molecular flexibility index (Phi) is 3.80. The van der Waals surface area contributed by atoms with Crippen LogP contribution in [0.1, 0.15) is 15.5 Å². The quantitative estimate of drug-likeness (QED) is 0.719. The molecule has 7 nitrogen and oxygen atoms in total. The zero-order valence-electron chi connectivity index (χ0n) is 9.34. The van der Waals surface area contributed by atoms with Crippen molar-refractivity contribution in [3.63, 3.8) is 0 Å². The lowest BCUT2D eigenvalue weighted by Gasteiger charge is -2.00. The Morgan fingerprint density at radius 3 is 3.00 bits per heavy atom. The Bertz CT molecular complexity index is 586. The summed E-state index contributed by atoms with van der Waals surface area (Å²) in [4.78, 5) is 26.7. The van der Waals surface area contributed by atoms with Crippen molar-refractivity contribution in [3.05, 3.63) is 38.6 Å². The number of amides is 1. The molecule has 8 heteroatoms. The third kappa shape index (κ3) is 2.99. The second kappa shape index (κ2) is 5.52. The van der Waals surface area contributed by atoms with Crippen LogP contribution in [0.5, 0.6) is 0 Å². The first-order valence-electron chi connectivity index (χ1n) is 5.20. The number of nitrogens with two attached hydrogens (primary N) is 1. The number of thiazole rings is 1. The lowest BCUT2D eigenvalue weighted by atomic mass is 10.4. The fourth-order valence-corrected chi connectivity index (χ4v) is 2.04. The second-order valence-corrected chi connectivity index (χ2v) is 4.37. The Morgan fingerprint density at radius 1 is 1.50 bits per heavy atom. The van der Waals surface area contributed by atoms with E-state index in [9.17, 15) is 9.59 Å². The van der Waals surface area contributed by atoms with Crippen LogP contribution in [-0.4, -0.2) is 27.6 Å². The molecule has 18 heavy (non-hydrogen) atoms. The summed E-state index contributed by atoms with van der Waals surface area (Å²) >= 11 is 1.39. The molecular weight excluding hydrogens is 254 g/mol. The number of hydrogen-bond acceptors (Lipinski definition) is 6. The van der Waals surface area contributed by atoms with Gasteiger partial charge in [0.1, 0.15) is 5.69 Å². The van der Waals surface area contributed by atoms with E-state index in [0.29, 0.717) is 18.7 Å². The van der Waals surface area contributed by atoms with E-state index in [4.69, 9.17) is 5.73 Å². The summed E-state index contributed by atoms with van der Waals surface area (Å²) in [6, 6.07) is 2.70. The molecule has 4 N–H and O–H groups in total. The maximum atomic E-state index is 11.8. The van der Waals surface area contributed by atoms with Gasteiger partial charge in [0, 0.05) is 17.9 Å². The van der Waals surface area contributed by atoms with Crippen LogP contribution in [0.4, 0.5) is 5.82 Å². The zero-order valence-corrected chi connectivity index (χ0v) is 10.2. The van der Waals surface area contributed by atoms with Crippen LogP contribution in [0.15, 0.2) is 22.3 Å². The molecule has 0 bridgehead atoms. The molecule has 0 aliphatic rings. The number of carbonyl (C=O) groups excluding carboxylic acids is 1. The van der Waals surface area contributed by atoms with Gasteiger partial charge in [0.2, 0.25) is 0 Å². The van der Waals surface area contributed by atoms with E-state index >= 15 is 0 Å². The van der Waals surface area contributed by atoms with Gasteiger partial charge in [0.05, 0.1) is 5.01 Å². The van der Waals surface area contributed by atoms with Crippen molar-refractivity contribution >= 4 is 23.1 Å². The van der Waals surface area contributed by atoms with Crippen molar-refractivity contribution in [2.24, 2.45) is 5.73 Å². The third-order valence-electron chi connectivity index (χ3n) is 2.06. The van der Waals surface area contributed by atoms with E-state index in [1.807, 2.05) is 0 Å². The van der Waals surface area contributed by atoms with Crippen LogP contribution in [0.3, 0.4) is 0 Å². The molecule has 0 aromatic carbocycles. The molecule has 0 saturated carbocycles. The van der Waals surface area contributed by atoms with Crippen molar-refractivity contribution in [1.82, 2.24) is 15.2 Å². The number of aromatic amines is 1. The molecule has 1 amide bonds. The lowest BCUT2D eigenvalue weighted by Crippen LogP contribution is -2.16. The van der Waals surface area contributed by atoms with Gasteiger partial charge in [0.25, 0.3) is 11.5 Å². The van der Waals surface area contributed by atoms with Gasteiger partial charge < -0.3 is 11.1 Å². The van der Waals surface area contributed by atoms with Crippen LogP contribution in [0, 0.1) is 0 Å². The smallest absolute Gasteiger partial charge is 0.276 e. The van der Waals surface area contributed by atoms with Gasteiger partial charge in [-0.25, -0.2) is 10.1 Å². The van der Waals surface area contributed by atoms with Gasteiger partial charge >= 0.3 is 0 Å². The normalized spacial score (nSPS) is 10.3. The minimum absolute atomic E-state index is 0.271. The third-order valence-corrected chi connectivity index (χ3v) is 2.97. The standard InChI is InChI=1S/C10H11N5O2S/c11-4-3-9-12-6(5-18-9)10(17)13-7-1-2-8(16)15-14-7/h1-2,5H,3-4,11H2,(H,15,16)(H,13,14,17). The minimum Gasteiger partial charge on any atom is -0.330 e. The van der Waals surface area contributed by atoms with E-state index in [1.54, 1.807) is 5.38 Å². The molecule has 0 aliphatic heterocycles. The summed E-state index contributed by atoms with van der Waals surface area (Å²) in [7, 11) is 0. The summed E-state index contributed by atoms with van der Waals surface area (Å²) in [5, 5.41) is 10.9. The Morgan fingerprint density at radius 2 is 2.33 bits per heavy atom. The molecule has 0 fully saturated rings. The lowest BCUT2D eigenvalue weighted by molar-refractivity contribution is 0.102. The number of nitrogens with zero attached hydrogens (tertiary/aromatic N) is 2. The van der Waals surface area contributed by atoms with Gasteiger partial charge in [0.15, 0.2) is 5.82 Å². The van der Waals surface area contributed by atoms with Crippen LogP contribution < -0.4 is 16.6 Å². The highest BCUT2D eigenvalue weighted by atomic mass is 32.1. The number of aromatic nitrogens is 3. The Hall–Kier alpha value is -2.06. The molecule has 2 rings (SSSR count). The first-order chi connectivity index (χ1) is 8.69. The van der Waals surface area contributed by atoms with Crippen LogP contribution in [-0.2, 0) is 6.42 Å². The Balaban J connectivity index is 2.06. The van der Waals surface area contributed by atoms with Crippen molar-refractivity contribution in [2.75, 3.05) is 11.9 Å². The maximum Gasteiger partial charge on any atom is 0.276 e. The highest BCUT2D eigenvalue weighted by molar-refractivity contribution is 7.09. The molecule has 0 radical (unpaired) electrons. The summed E-state index contributed by atoms with van der Waals surface area (Å²) in [5.41, 5.74) is 5.40. The molecule has 0 atom stereocenters. The van der Waals surface area contributed by atoms with Gasteiger partial charge in [-0.3, -0.25) is 9.59 Å². The van der Waals surface area contributed by atoms with Crippen molar-refractivity contribution in [3.8, 4) is 0 Å². The highest BCUT2D eigenvalue weighted by Gasteiger charge is 2.11. The summed E-state index contributed by atoms with van der Waals surface area (Å²) < 4.78 is 0. The fourth-order valence-electron chi connectivity index (χ4n) is 1.25. The van der Waals surface area contributed by atoms with Gasteiger partial charge in [-0.2, -0.15) is 5.10 Å². The number of carbonyl (C=O) groups is 1. The Labute approximate surface area is 106 Å². The van der Waals surface area contributed by atoms with Crippen molar-refractivity contribution in [1.29, 1.82) is 0 Å². The van der Waals surface area contributed by atoms with Gasteiger partial charge in [-0.1, -0.05) is 0 Å². The monoisotopic (exact) mass is 265 g/mol. The first-order valence-corrected chi connectivity index (χ1v) is 6.08.